The molecular formula is C14H19F3N2O2S. The van der Waals surface area contributed by atoms with E-state index in [1.165, 1.54) is 0 Å². The molecule has 124 valence electrons. The number of rotatable bonds is 5. The zero-order chi connectivity index (χ0) is 16.3. The Labute approximate surface area is 128 Å². The minimum atomic E-state index is -4.35. The van der Waals surface area contributed by atoms with Crippen molar-refractivity contribution in [3.8, 4) is 0 Å². The molecule has 0 amide bonds. The van der Waals surface area contributed by atoms with E-state index in [9.17, 15) is 21.6 Å². The first-order valence-electron chi connectivity index (χ1n) is 7.25. The Balaban J connectivity index is 2.45. The molecule has 1 saturated heterocycles. The van der Waals surface area contributed by atoms with Crippen molar-refractivity contribution in [2.45, 2.75) is 37.1 Å². The topological polar surface area (TPSA) is 49.4 Å². The van der Waals surface area contributed by atoms with Crippen LogP contribution in [0.2, 0.25) is 0 Å². The highest BCUT2D eigenvalue weighted by atomic mass is 32.2. The summed E-state index contributed by atoms with van der Waals surface area (Å²) in [7, 11) is -4.35. The normalized spacial score (nSPS) is 17.1. The molecule has 2 rings (SSSR count). The van der Waals surface area contributed by atoms with Crippen molar-refractivity contribution in [3.63, 3.8) is 0 Å². The molecule has 8 heteroatoms. The average Bonchev–Trinajstić information content (AvgIpc) is 2.44. The van der Waals surface area contributed by atoms with Crippen molar-refractivity contribution in [1.29, 1.82) is 0 Å². The summed E-state index contributed by atoms with van der Waals surface area (Å²) in [5.74, 6) is -3.93. The molecule has 0 saturated carbocycles. The molecule has 1 aromatic carbocycles. The van der Waals surface area contributed by atoms with Gasteiger partial charge in [-0.2, -0.15) is 4.31 Å². The molecular weight excluding hydrogens is 317 g/mol. The van der Waals surface area contributed by atoms with Crippen LogP contribution in [0.5, 0.6) is 0 Å². The van der Waals surface area contributed by atoms with E-state index in [1.807, 2.05) is 0 Å². The van der Waals surface area contributed by atoms with Gasteiger partial charge >= 0.3 is 0 Å². The molecule has 22 heavy (non-hydrogen) atoms. The Hall–Kier alpha value is -1.12. The first kappa shape index (κ1) is 17.2. The largest absolute Gasteiger partial charge is 0.317 e. The van der Waals surface area contributed by atoms with Gasteiger partial charge in [0.1, 0.15) is 17.5 Å². The van der Waals surface area contributed by atoms with Gasteiger partial charge in [-0.05, 0) is 32.4 Å². The number of benzene rings is 1. The third kappa shape index (κ3) is 3.44. The Bertz CT molecular complexity index is 608. The van der Waals surface area contributed by atoms with Crippen LogP contribution < -0.4 is 5.32 Å². The van der Waals surface area contributed by atoms with Crippen molar-refractivity contribution >= 4 is 10.0 Å². The monoisotopic (exact) mass is 336 g/mol. The SMILES string of the molecule is CCCN(C1CCNCC1)S(=O)(=O)c1c(F)cc(F)cc1F. The number of halogens is 3. The molecule has 0 aliphatic carbocycles. The summed E-state index contributed by atoms with van der Waals surface area (Å²) < 4.78 is 67.3. The fraction of sp³-hybridized carbons (Fsp3) is 0.571. The zero-order valence-electron chi connectivity index (χ0n) is 12.3. The summed E-state index contributed by atoms with van der Waals surface area (Å²) in [4.78, 5) is -1.07. The first-order chi connectivity index (χ1) is 10.4. The van der Waals surface area contributed by atoms with Gasteiger partial charge in [-0.1, -0.05) is 6.92 Å². The van der Waals surface area contributed by atoms with Gasteiger partial charge < -0.3 is 5.32 Å². The number of sulfonamides is 1. The van der Waals surface area contributed by atoms with E-state index >= 15 is 0 Å². The van der Waals surface area contributed by atoms with E-state index in [0.717, 1.165) is 4.31 Å². The second-order valence-electron chi connectivity index (χ2n) is 5.30. The number of nitrogens with one attached hydrogen (secondary N) is 1. The molecule has 1 aromatic rings. The molecule has 0 unspecified atom stereocenters. The lowest BCUT2D eigenvalue weighted by Gasteiger charge is -2.33. The predicted octanol–water partition coefficient (Wildman–Crippen LogP) is 2.26. The standard InChI is InChI=1S/C14H19F3N2O2S/c1-2-7-19(11-3-5-18-6-4-11)22(20,21)14-12(16)8-10(15)9-13(14)17/h8-9,11,18H,2-7H2,1H3. The molecule has 0 atom stereocenters. The summed E-state index contributed by atoms with van der Waals surface area (Å²) >= 11 is 0. The van der Waals surface area contributed by atoms with Crippen LogP contribution in [0.15, 0.2) is 17.0 Å². The average molecular weight is 336 g/mol. The van der Waals surface area contributed by atoms with Crippen molar-refractivity contribution in [3.05, 3.63) is 29.6 Å². The van der Waals surface area contributed by atoms with Crippen molar-refractivity contribution in [1.82, 2.24) is 9.62 Å². The number of hydrogen-bond acceptors (Lipinski definition) is 3. The summed E-state index contributed by atoms with van der Waals surface area (Å²) in [6, 6.07) is 0.473. The Morgan fingerprint density at radius 3 is 2.23 bits per heavy atom. The van der Waals surface area contributed by atoms with Crippen LogP contribution in [0, 0.1) is 17.5 Å². The van der Waals surface area contributed by atoms with Gasteiger partial charge in [-0.3, -0.25) is 0 Å². The van der Waals surface area contributed by atoms with Gasteiger partial charge in [-0.15, -0.1) is 0 Å². The lowest BCUT2D eigenvalue weighted by Crippen LogP contribution is -2.46. The molecule has 1 N–H and O–H groups in total. The molecule has 0 radical (unpaired) electrons. The number of nitrogens with zero attached hydrogens (tertiary/aromatic N) is 1. The maximum Gasteiger partial charge on any atom is 0.249 e. The second kappa shape index (κ2) is 6.97. The highest BCUT2D eigenvalue weighted by Crippen LogP contribution is 2.27. The van der Waals surface area contributed by atoms with Crippen LogP contribution in [0.25, 0.3) is 0 Å². The highest BCUT2D eigenvalue weighted by Gasteiger charge is 2.35. The predicted molar refractivity (Wildman–Crippen MR) is 76.4 cm³/mol. The first-order valence-corrected chi connectivity index (χ1v) is 8.69. The number of piperidine rings is 1. The van der Waals surface area contributed by atoms with Crippen LogP contribution in [0.1, 0.15) is 26.2 Å². The third-order valence-electron chi connectivity index (χ3n) is 3.69. The van der Waals surface area contributed by atoms with Gasteiger partial charge in [0.25, 0.3) is 0 Å². The zero-order valence-corrected chi connectivity index (χ0v) is 13.1. The number of hydrogen-bond donors (Lipinski definition) is 1. The lowest BCUT2D eigenvalue weighted by atomic mass is 10.1. The van der Waals surface area contributed by atoms with E-state index < -0.39 is 32.4 Å². The summed E-state index contributed by atoms with van der Waals surface area (Å²) in [5, 5.41) is 3.11. The summed E-state index contributed by atoms with van der Waals surface area (Å²) in [5.41, 5.74) is 0. The van der Waals surface area contributed by atoms with Crippen molar-refractivity contribution in [2.75, 3.05) is 19.6 Å². The van der Waals surface area contributed by atoms with Crippen LogP contribution in [0.4, 0.5) is 13.2 Å². The lowest BCUT2D eigenvalue weighted by molar-refractivity contribution is 0.260. The summed E-state index contributed by atoms with van der Waals surface area (Å²) in [6.45, 7) is 3.26. The van der Waals surface area contributed by atoms with Crippen LogP contribution in [-0.2, 0) is 10.0 Å². The van der Waals surface area contributed by atoms with Gasteiger partial charge in [-0.25, -0.2) is 21.6 Å². The quantitative estimate of drug-likeness (QED) is 0.897. The van der Waals surface area contributed by atoms with E-state index in [4.69, 9.17) is 0 Å². The van der Waals surface area contributed by atoms with Crippen molar-refractivity contribution in [2.24, 2.45) is 0 Å². The van der Waals surface area contributed by atoms with Crippen molar-refractivity contribution < 1.29 is 21.6 Å². The minimum Gasteiger partial charge on any atom is -0.317 e. The Morgan fingerprint density at radius 1 is 1.18 bits per heavy atom. The molecule has 1 aliphatic rings. The smallest absolute Gasteiger partial charge is 0.249 e. The fourth-order valence-electron chi connectivity index (χ4n) is 2.71. The maximum absolute atomic E-state index is 13.9. The molecule has 4 nitrogen and oxygen atoms in total. The van der Waals surface area contributed by atoms with Gasteiger partial charge in [0, 0.05) is 24.7 Å². The molecule has 1 fully saturated rings. The maximum atomic E-state index is 13.9. The molecule has 0 aromatic heterocycles. The van der Waals surface area contributed by atoms with E-state index in [1.54, 1.807) is 6.92 Å². The molecule has 1 aliphatic heterocycles. The fourth-order valence-corrected chi connectivity index (χ4v) is 4.58. The van der Waals surface area contributed by atoms with E-state index in [-0.39, 0.29) is 12.6 Å². The van der Waals surface area contributed by atoms with Crippen LogP contribution in [-0.4, -0.2) is 38.4 Å². The Morgan fingerprint density at radius 2 is 1.73 bits per heavy atom. The van der Waals surface area contributed by atoms with Gasteiger partial charge in [0.05, 0.1) is 0 Å². The molecule has 1 heterocycles. The Kier molecular flexibility index (Phi) is 5.46. The summed E-state index contributed by atoms with van der Waals surface area (Å²) in [6.07, 6.45) is 1.67. The van der Waals surface area contributed by atoms with Crippen LogP contribution in [0.3, 0.4) is 0 Å². The van der Waals surface area contributed by atoms with E-state index in [2.05, 4.69) is 5.32 Å². The van der Waals surface area contributed by atoms with E-state index in [0.29, 0.717) is 44.5 Å². The molecule has 0 spiro atoms. The highest BCUT2D eigenvalue weighted by molar-refractivity contribution is 7.89. The van der Waals surface area contributed by atoms with Gasteiger partial charge in [0.15, 0.2) is 4.90 Å². The molecule has 0 bridgehead atoms. The van der Waals surface area contributed by atoms with Gasteiger partial charge in [0.2, 0.25) is 10.0 Å². The van der Waals surface area contributed by atoms with Crippen LogP contribution >= 0.6 is 0 Å². The minimum absolute atomic E-state index is 0.170. The second-order valence-corrected chi connectivity index (χ2v) is 7.12. The third-order valence-corrected chi connectivity index (χ3v) is 5.69.